The lowest BCUT2D eigenvalue weighted by Gasteiger charge is -2.08. The van der Waals surface area contributed by atoms with Gasteiger partial charge in [-0.15, -0.1) is 0 Å². The van der Waals surface area contributed by atoms with Crippen molar-refractivity contribution < 1.29 is 18.7 Å². The van der Waals surface area contributed by atoms with E-state index in [9.17, 15) is 14.4 Å². The van der Waals surface area contributed by atoms with Crippen molar-refractivity contribution in [1.29, 1.82) is 5.26 Å². The number of hydrogen-bond donors (Lipinski definition) is 1. The zero-order valence-corrected chi connectivity index (χ0v) is 22.8. The third kappa shape index (κ3) is 6.90. The van der Waals surface area contributed by atoms with Gasteiger partial charge in [-0.05, 0) is 79.2 Å². The quantitative estimate of drug-likeness (QED) is 0.145. The summed E-state index contributed by atoms with van der Waals surface area (Å²) in [6.07, 6.45) is 3.30. The fourth-order valence-electron chi connectivity index (χ4n) is 4.21. The SMILES string of the molecule is CCOc1ccc(NC(=O)/C(C#N)=C\c2cn(-c3ccccc3)nc2-c2cccc(OCc3ccc(F)cc3)c2)cc1. The van der Waals surface area contributed by atoms with Crippen LogP contribution in [0.2, 0.25) is 0 Å². The summed E-state index contributed by atoms with van der Waals surface area (Å²) < 4.78 is 26.4. The molecule has 0 aliphatic rings. The van der Waals surface area contributed by atoms with Crippen LogP contribution in [0.15, 0.2) is 115 Å². The van der Waals surface area contributed by atoms with Gasteiger partial charge in [0.15, 0.2) is 0 Å². The minimum Gasteiger partial charge on any atom is -0.494 e. The van der Waals surface area contributed by atoms with Gasteiger partial charge in [-0.2, -0.15) is 10.4 Å². The number of nitrogens with zero attached hydrogens (tertiary/aromatic N) is 3. The summed E-state index contributed by atoms with van der Waals surface area (Å²) >= 11 is 0. The maximum Gasteiger partial charge on any atom is 0.266 e. The monoisotopic (exact) mass is 558 g/mol. The molecule has 0 bridgehead atoms. The van der Waals surface area contributed by atoms with Crippen LogP contribution in [0.5, 0.6) is 11.5 Å². The predicted octanol–water partition coefficient (Wildman–Crippen LogP) is 7.20. The van der Waals surface area contributed by atoms with Crippen molar-refractivity contribution in [1.82, 2.24) is 9.78 Å². The van der Waals surface area contributed by atoms with E-state index in [0.717, 1.165) is 16.8 Å². The van der Waals surface area contributed by atoms with Crippen molar-refractivity contribution in [2.24, 2.45) is 0 Å². The van der Waals surface area contributed by atoms with Crippen LogP contribution >= 0.6 is 0 Å². The summed E-state index contributed by atoms with van der Waals surface area (Å²) in [4.78, 5) is 13.1. The summed E-state index contributed by atoms with van der Waals surface area (Å²) in [7, 11) is 0. The smallest absolute Gasteiger partial charge is 0.266 e. The van der Waals surface area contributed by atoms with Gasteiger partial charge in [-0.1, -0.05) is 42.5 Å². The first-order valence-corrected chi connectivity index (χ1v) is 13.3. The average molecular weight is 559 g/mol. The molecule has 1 N–H and O–H groups in total. The van der Waals surface area contributed by atoms with Gasteiger partial charge in [0, 0.05) is 23.0 Å². The van der Waals surface area contributed by atoms with E-state index in [-0.39, 0.29) is 18.0 Å². The summed E-state index contributed by atoms with van der Waals surface area (Å²) in [6.45, 7) is 2.69. The molecule has 0 aliphatic carbocycles. The van der Waals surface area contributed by atoms with Gasteiger partial charge in [0.25, 0.3) is 5.91 Å². The van der Waals surface area contributed by atoms with Crippen LogP contribution < -0.4 is 14.8 Å². The molecule has 0 saturated heterocycles. The fourth-order valence-corrected chi connectivity index (χ4v) is 4.21. The minimum absolute atomic E-state index is 0.0820. The van der Waals surface area contributed by atoms with Gasteiger partial charge in [-0.25, -0.2) is 9.07 Å². The number of aromatic nitrogens is 2. The number of hydrogen-bond acceptors (Lipinski definition) is 5. The first kappa shape index (κ1) is 27.9. The molecule has 0 unspecified atom stereocenters. The maximum absolute atomic E-state index is 13.3. The lowest BCUT2D eigenvalue weighted by molar-refractivity contribution is -0.112. The minimum atomic E-state index is -0.545. The van der Waals surface area contributed by atoms with E-state index in [1.807, 2.05) is 67.6 Å². The van der Waals surface area contributed by atoms with Crippen LogP contribution in [0.25, 0.3) is 23.0 Å². The Balaban J connectivity index is 1.45. The van der Waals surface area contributed by atoms with Gasteiger partial charge in [0.1, 0.15) is 41.3 Å². The number of rotatable bonds is 10. The molecule has 208 valence electrons. The number of nitriles is 1. The van der Waals surface area contributed by atoms with Crippen molar-refractivity contribution in [3.63, 3.8) is 0 Å². The lowest BCUT2D eigenvalue weighted by Crippen LogP contribution is -2.13. The van der Waals surface area contributed by atoms with E-state index in [1.54, 1.807) is 47.3 Å². The first-order chi connectivity index (χ1) is 20.5. The van der Waals surface area contributed by atoms with Gasteiger partial charge in [0.2, 0.25) is 0 Å². The molecule has 5 aromatic rings. The third-order valence-electron chi connectivity index (χ3n) is 6.28. The number of nitrogens with one attached hydrogen (secondary N) is 1. The van der Waals surface area contributed by atoms with Gasteiger partial charge in [-0.3, -0.25) is 4.79 Å². The highest BCUT2D eigenvalue weighted by molar-refractivity contribution is 6.10. The highest BCUT2D eigenvalue weighted by Crippen LogP contribution is 2.29. The summed E-state index contributed by atoms with van der Waals surface area (Å²) in [5, 5.41) is 17.5. The zero-order valence-electron chi connectivity index (χ0n) is 22.8. The molecule has 0 spiro atoms. The van der Waals surface area contributed by atoms with Gasteiger partial charge >= 0.3 is 0 Å². The number of carbonyl (C=O) groups excluding carboxylic acids is 1. The van der Waals surface area contributed by atoms with Gasteiger partial charge in [0.05, 0.1) is 12.3 Å². The fraction of sp³-hybridized carbons (Fsp3) is 0.0882. The van der Waals surface area contributed by atoms with Crippen LogP contribution in [0.1, 0.15) is 18.1 Å². The molecule has 0 atom stereocenters. The maximum atomic E-state index is 13.3. The molecule has 0 aliphatic heterocycles. The number of amides is 1. The summed E-state index contributed by atoms with van der Waals surface area (Å²) in [5.74, 6) is 0.430. The van der Waals surface area contributed by atoms with Crippen LogP contribution in [-0.4, -0.2) is 22.3 Å². The van der Waals surface area contributed by atoms with Crippen molar-refractivity contribution in [2.45, 2.75) is 13.5 Å². The summed E-state index contributed by atoms with van der Waals surface area (Å²) in [5.41, 5.74) is 3.98. The van der Waals surface area contributed by atoms with E-state index < -0.39 is 5.91 Å². The Bertz CT molecular complexity index is 1740. The van der Waals surface area contributed by atoms with E-state index in [2.05, 4.69) is 5.32 Å². The molecule has 0 saturated carbocycles. The molecule has 1 aromatic heterocycles. The van der Waals surface area contributed by atoms with E-state index in [0.29, 0.717) is 35.1 Å². The molecule has 7 nitrogen and oxygen atoms in total. The van der Waals surface area contributed by atoms with E-state index in [4.69, 9.17) is 14.6 Å². The number of halogens is 1. The number of ether oxygens (including phenoxy) is 2. The molecule has 1 amide bonds. The van der Waals surface area contributed by atoms with Crippen molar-refractivity contribution >= 4 is 17.7 Å². The Morgan fingerprint density at radius 3 is 2.43 bits per heavy atom. The molecular formula is C34H27FN4O3. The lowest BCUT2D eigenvalue weighted by atomic mass is 10.1. The van der Waals surface area contributed by atoms with Crippen LogP contribution in [-0.2, 0) is 11.4 Å². The topological polar surface area (TPSA) is 89.2 Å². The molecular weight excluding hydrogens is 531 g/mol. The summed E-state index contributed by atoms with van der Waals surface area (Å²) in [6, 6.07) is 32.0. The first-order valence-electron chi connectivity index (χ1n) is 13.3. The Morgan fingerprint density at radius 2 is 1.71 bits per heavy atom. The average Bonchev–Trinajstić information content (AvgIpc) is 3.45. The Hall–Kier alpha value is -5.68. The standard InChI is InChI=1S/C34H27FN4O3/c1-2-41-31-17-15-29(16-18-31)37-34(40)26(21-36)19-27-22-39(30-8-4-3-5-9-30)38-33(27)25-7-6-10-32(20-25)42-23-24-11-13-28(35)14-12-24/h3-20,22H,2,23H2,1H3,(H,37,40)/b26-19-. The largest absolute Gasteiger partial charge is 0.494 e. The molecule has 4 aromatic carbocycles. The Labute approximate surface area is 243 Å². The highest BCUT2D eigenvalue weighted by atomic mass is 19.1. The van der Waals surface area contributed by atoms with Gasteiger partial charge < -0.3 is 14.8 Å². The van der Waals surface area contributed by atoms with Crippen LogP contribution in [0.4, 0.5) is 10.1 Å². The van der Waals surface area contributed by atoms with Crippen LogP contribution in [0.3, 0.4) is 0 Å². The number of benzene rings is 4. The second-order valence-corrected chi connectivity index (χ2v) is 9.24. The third-order valence-corrected chi connectivity index (χ3v) is 6.28. The molecule has 1 heterocycles. The zero-order chi connectivity index (χ0) is 29.3. The molecule has 5 rings (SSSR count). The van der Waals surface area contributed by atoms with E-state index >= 15 is 0 Å². The second kappa shape index (κ2) is 13.1. The number of carbonyl (C=O) groups is 1. The molecule has 0 radical (unpaired) electrons. The highest BCUT2D eigenvalue weighted by Gasteiger charge is 2.16. The Kier molecular flexibility index (Phi) is 8.70. The Morgan fingerprint density at radius 1 is 0.952 bits per heavy atom. The predicted molar refractivity (Wildman–Crippen MR) is 160 cm³/mol. The number of para-hydroxylation sites is 1. The van der Waals surface area contributed by atoms with Crippen molar-refractivity contribution in [3.8, 4) is 34.5 Å². The van der Waals surface area contributed by atoms with Crippen molar-refractivity contribution in [2.75, 3.05) is 11.9 Å². The molecule has 0 fully saturated rings. The van der Waals surface area contributed by atoms with Crippen molar-refractivity contribution in [3.05, 3.63) is 132 Å². The molecule has 42 heavy (non-hydrogen) atoms. The normalized spacial score (nSPS) is 11.0. The second-order valence-electron chi connectivity index (χ2n) is 9.24. The van der Waals surface area contributed by atoms with E-state index in [1.165, 1.54) is 18.2 Å². The van der Waals surface area contributed by atoms with Crippen LogP contribution in [0, 0.1) is 17.1 Å². The number of anilines is 1. The molecule has 8 heteroatoms.